The van der Waals surface area contributed by atoms with E-state index >= 15 is 0 Å². The largest absolute Gasteiger partial charge is 0.301 e. The Hall–Kier alpha value is -0.980. The molecule has 116 valence electrons. The van der Waals surface area contributed by atoms with Gasteiger partial charge in [-0.2, -0.15) is 0 Å². The molecule has 0 bridgehead atoms. The van der Waals surface area contributed by atoms with Gasteiger partial charge in [-0.05, 0) is 36.8 Å². The highest BCUT2D eigenvalue weighted by molar-refractivity contribution is 7.88. The normalized spacial score (nSPS) is 27.1. The Bertz CT molecular complexity index is 572. The molecule has 2 atom stereocenters. The van der Waals surface area contributed by atoms with Gasteiger partial charge in [0.05, 0.1) is 6.26 Å². The van der Waals surface area contributed by atoms with Gasteiger partial charge in [-0.1, -0.05) is 6.07 Å². The molecule has 5 nitrogen and oxygen atoms in total. The number of likely N-dealkylation sites (tertiary alicyclic amines) is 1. The summed E-state index contributed by atoms with van der Waals surface area (Å²) in [4.78, 5) is 6.72. The summed E-state index contributed by atoms with van der Waals surface area (Å²) < 4.78 is 25.9. The van der Waals surface area contributed by atoms with E-state index in [1.54, 1.807) is 0 Å². The van der Waals surface area contributed by atoms with E-state index in [9.17, 15) is 8.42 Å². The highest BCUT2D eigenvalue weighted by Crippen LogP contribution is 2.41. The third kappa shape index (κ3) is 4.25. The lowest BCUT2D eigenvalue weighted by Crippen LogP contribution is -2.40. The third-order valence-electron chi connectivity index (χ3n) is 4.44. The van der Waals surface area contributed by atoms with Crippen LogP contribution < -0.4 is 4.72 Å². The number of hydrogen-bond donors (Lipinski definition) is 1. The van der Waals surface area contributed by atoms with E-state index in [1.807, 2.05) is 24.4 Å². The first kappa shape index (κ1) is 14.9. The van der Waals surface area contributed by atoms with E-state index in [2.05, 4.69) is 14.6 Å². The first-order chi connectivity index (χ1) is 10.0. The predicted molar refractivity (Wildman–Crippen MR) is 82.4 cm³/mol. The van der Waals surface area contributed by atoms with E-state index in [4.69, 9.17) is 0 Å². The zero-order chi connectivity index (χ0) is 14.9. The average Bonchev–Trinajstić information content (AvgIpc) is 3.19. The molecule has 21 heavy (non-hydrogen) atoms. The van der Waals surface area contributed by atoms with Crippen LogP contribution in [0.15, 0.2) is 24.4 Å². The van der Waals surface area contributed by atoms with Gasteiger partial charge < -0.3 is 4.90 Å². The molecule has 1 aliphatic heterocycles. The van der Waals surface area contributed by atoms with Crippen LogP contribution in [0.1, 0.15) is 18.5 Å². The molecule has 6 heteroatoms. The lowest BCUT2D eigenvalue weighted by molar-refractivity contribution is 0.320. The molecular formula is C15H23N3O2S. The van der Waals surface area contributed by atoms with Crippen molar-refractivity contribution >= 4 is 10.0 Å². The minimum atomic E-state index is -3.13. The highest BCUT2D eigenvalue weighted by atomic mass is 32.2. The molecule has 0 spiro atoms. The molecule has 2 fully saturated rings. The van der Waals surface area contributed by atoms with Gasteiger partial charge in [-0.25, -0.2) is 13.1 Å². The fraction of sp³-hybridized carbons (Fsp3) is 0.667. The zero-order valence-corrected chi connectivity index (χ0v) is 13.2. The molecule has 0 radical (unpaired) electrons. The second kappa shape index (κ2) is 6.02. The van der Waals surface area contributed by atoms with Gasteiger partial charge in [0.15, 0.2) is 0 Å². The number of sulfonamides is 1. The van der Waals surface area contributed by atoms with Crippen LogP contribution in [0.25, 0.3) is 0 Å². The van der Waals surface area contributed by atoms with E-state index in [0.29, 0.717) is 11.8 Å². The van der Waals surface area contributed by atoms with Crippen molar-refractivity contribution in [2.75, 3.05) is 25.9 Å². The molecule has 1 aromatic rings. The number of pyridine rings is 1. The van der Waals surface area contributed by atoms with E-state index in [1.165, 1.54) is 19.1 Å². The van der Waals surface area contributed by atoms with Crippen LogP contribution in [0.2, 0.25) is 0 Å². The molecular weight excluding hydrogens is 286 g/mol. The first-order valence-electron chi connectivity index (χ1n) is 7.61. The maximum absolute atomic E-state index is 11.5. The second-order valence-corrected chi connectivity index (χ2v) is 8.11. The van der Waals surface area contributed by atoms with Gasteiger partial charge >= 0.3 is 0 Å². The van der Waals surface area contributed by atoms with Crippen molar-refractivity contribution in [3.05, 3.63) is 30.1 Å². The quantitative estimate of drug-likeness (QED) is 0.847. The van der Waals surface area contributed by atoms with Crippen molar-refractivity contribution in [3.8, 4) is 0 Å². The topological polar surface area (TPSA) is 62.3 Å². The highest BCUT2D eigenvalue weighted by Gasteiger charge is 2.43. The number of nitrogens with one attached hydrogen (secondary N) is 1. The molecule has 2 aliphatic rings. The van der Waals surface area contributed by atoms with Crippen LogP contribution in [-0.2, 0) is 16.4 Å². The summed E-state index contributed by atoms with van der Waals surface area (Å²) in [5.74, 6) is 1.19. The second-order valence-electron chi connectivity index (χ2n) is 6.33. The van der Waals surface area contributed by atoms with Crippen LogP contribution in [0.5, 0.6) is 0 Å². The SMILES string of the molecule is CS(=O)(=O)N[C@H]1CN(CCc2ccccn2)C[C@@H]1C1CC1. The van der Waals surface area contributed by atoms with Crippen molar-refractivity contribution in [1.82, 2.24) is 14.6 Å². The summed E-state index contributed by atoms with van der Waals surface area (Å²) in [5.41, 5.74) is 1.10. The molecule has 1 saturated carbocycles. The molecule has 0 unspecified atom stereocenters. The molecule has 1 saturated heterocycles. The number of nitrogens with zero attached hydrogens (tertiary/aromatic N) is 2. The maximum atomic E-state index is 11.5. The average molecular weight is 309 g/mol. The van der Waals surface area contributed by atoms with Crippen molar-refractivity contribution in [2.24, 2.45) is 11.8 Å². The van der Waals surface area contributed by atoms with Gasteiger partial charge in [-0.15, -0.1) is 0 Å². The zero-order valence-electron chi connectivity index (χ0n) is 12.4. The van der Waals surface area contributed by atoms with E-state index < -0.39 is 10.0 Å². The fourth-order valence-corrected chi connectivity index (χ4v) is 4.12. The smallest absolute Gasteiger partial charge is 0.209 e. The number of aromatic nitrogens is 1. The minimum absolute atomic E-state index is 0.0798. The third-order valence-corrected chi connectivity index (χ3v) is 5.17. The van der Waals surface area contributed by atoms with Crippen LogP contribution in [-0.4, -0.2) is 50.2 Å². The Morgan fingerprint density at radius 3 is 2.76 bits per heavy atom. The van der Waals surface area contributed by atoms with Crippen LogP contribution in [0, 0.1) is 11.8 Å². The van der Waals surface area contributed by atoms with Gasteiger partial charge in [0.1, 0.15) is 0 Å². The standard InChI is InChI=1S/C15H23N3O2S/c1-21(19,20)17-15-11-18(10-14(15)12-5-6-12)9-7-13-4-2-3-8-16-13/h2-4,8,12,14-15,17H,5-7,9-11H2,1H3/t14-,15+/m1/s1. The Morgan fingerprint density at radius 1 is 1.33 bits per heavy atom. The van der Waals surface area contributed by atoms with Gasteiger partial charge in [0.2, 0.25) is 10.0 Å². The fourth-order valence-electron chi connectivity index (χ4n) is 3.32. The lowest BCUT2D eigenvalue weighted by Gasteiger charge is -2.17. The summed E-state index contributed by atoms with van der Waals surface area (Å²) in [6.45, 7) is 2.77. The van der Waals surface area contributed by atoms with Gasteiger partial charge in [0.25, 0.3) is 0 Å². The Kier molecular flexibility index (Phi) is 4.28. The van der Waals surface area contributed by atoms with E-state index in [0.717, 1.165) is 31.7 Å². The molecule has 0 amide bonds. The summed E-state index contributed by atoms with van der Waals surface area (Å²) in [7, 11) is -3.13. The molecule has 1 aromatic heterocycles. The Balaban J connectivity index is 1.58. The summed E-state index contributed by atoms with van der Waals surface area (Å²) >= 11 is 0. The number of hydrogen-bond acceptors (Lipinski definition) is 4. The molecule has 2 heterocycles. The Morgan fingerprint density at radius 2 is 2.14 bits per heavy atom. The Labute approximate surface area is 126 Å². The maximum Gasteiger partial charge on any atom is 0.209 e. The molecule has 0 aromatic carbocycles. The minimum Gasteiger partial charge on any atom is -0.301 e. The van der Waals surface area contributed by atoms with Crippen molar-refractivity contribution in [1.29, 1.82) is 0 Å². The predicted octanol–water partition coefficient (Wildman–Crippen LogP) is 0.884. The molecule has 1 aliphatic carbocycles. The monoisotopic (exact) mass is 309 g/mol. The van der Waals surface area contributed by atoms with Crippen LogP contribution >= 0.6 is 0 Å². The van der Waals surface area contributed by atoms with Crippen molar-refractivity contribution in [3.63, 3.8) is 0 Å². The first-order valence-corrected chi connectivity index (χ1v) is 9.50. The van der Waals surface area contributed by atoms with Crippen LogP contribution in [0.3, 0.4) is 0 Å². The van der Waals surface area contributed by atoms with Crippen molar-refractivity contribution < 1.29 is 8.42 Å². The van der Waals surface area contributed by atoms with Crippen molar-refractivity contribution in [2.45, 2.75) is 25.3 Å². The van der Waals surface area contributed by atoms with Gasteiger partial charge in [0, 0.05) is 44.0 Å². The van der Waals surface area contributed by atoms with Gasteiger partial charge in [-0.3, -0.25) is 4.98 Å². The van der Waals surface area contributed by atoms with E-state index in [-0.39, 0.29) is 6.04 Å². The summed E-state index contributed by atoms with van der Waals surface area (Å²) in [5, 5.41) is 0. The summed E-state index contributed by atoms with van der Waals surface area (Å²) in [6.07, 6.45) is 6.50. The number of rotatable bonds is 6. The molecule has 3 rings (SSSR count). The molecule has 1 N–H and O–H groups in total. The van der Waals surface area contributed by atoms with Crippen LogP contribution in [0.4, 0.5) is 0 Å². The summed E-state index contributed by atoms with van der Waals surface area (Å²) in [6, 6.07) is 6.05. The lowest BCUT2D eigenvalue weighted by atomic mass is 9.99.